The molecule has 39 heavy (non-hydrogen) atoms. The van der Waals surface area contributed by atoms with Crippen LogP contribution in [0.2, 0.25) is 0 Å². The van der Waals surface area contributed by atoms with Crippen LogP contribution in [0.5, 0.6) is 5.75 Å². The van der Waals surface area contributed by atoms with Crippen LogP contribution in [-0.2, 0) is 0 Å². The monoisotopic (exact) mass is 548 g/mol. The van der Waals surface area contributed by atoms with Gasteiger partial charge in [-0.2, -0.15) is 0 Å². The van der Waals surface area contributed by atoms with Crippen molar-refractivity contribution < 1.29 is 31.5 Å². The minimum Gasteiger partial charge on any atom is -0.406 e. The number of alkyl halides is 5. The fraction of sp³-hybridized carbons (Fsp3) is 0.308. The summed E-state index contributed by atoms with van der Waals surface area (Å²) >= 11 is 0. The fourth-order valence-electron chi connectivity index (χ4n) is 4.27. The van der Waals surface area contributed by atoms with Crippen LogP contribution in [0.3, 0.4) is 0 Å². The van der Waals surface area contributed by atoms with Crippen molar-refractivity contribution >= 4 is 17.4 Å². The number of nitrogens with two attached hydrogens (primary N) is 1. The molecule has 13 heteroatoms. The first-order valence-electron chi connectivity index (χ1n) is 11.9. The molecular weight excluding hydrogens is 523 g/mol. The number of halogens is 5. The Kier molecular flexibility index (Phi) is 7.82. The molecule has 3 heterocycles. The third kappa shape index (κ3) is 6.48. The Morgan fingerprint density at radius 3 is 2.49 bits per heavy atom. The minimum atomic E-state index is -4.84. The van der Waals surface area contributed by atoms with E-state index < -0.39 is 35.9 Å². The predicted octanol–water partition coefficient (Wildman–Crippen LogP) is 5.20. The van der Waals surface area contributed by atoms with Gasteiger partial charge in [-0.05, 0) is 43.2 Å². The van der Waals surface area contributed by atoms with E-state index in [1.165, 1.54) is 49.2 Å². The summed E-state index contributed by atoms with van der Waals surface area (Å²) < 4.78 is 70.9. The summed E-state index contributed by atoms with van der Waals surface area (Å²) in [5.74, 6) is -3.83. The van der Waals surface area contributed by atoms with Gasteiger partial charge in [0.1, 0.15) is 17.9 Å². The second-order valence-corrected chi connectivity index (χ2v) is 9.11. The molecule has 4 rings (SSSR count). The second kappa shape index (κ2) is 10.9. The normalized spacial score (nSPS) is 17.6. The van der Waals surface area contributed by atoms with Crippen molar-refractivity contribution in [1.82, 2.24) is 15.0 Å². The maximum Gasteiger partial charge on any atom is 0.573 e. The van der Waals surface area contributed by atoms with Crippen molar-refractivity contribution in [3.63, 3.8) is 0 Å². The molecule has 1 saturated heterocycles. The molecule has 1 aliphatic rings. The number of ether oxygens (including phenoxy) is 1. The van der Waals surface area contributed by atoms with Gasteiger partial charge in [-0.25, -0.2) is 23.7 Å². The van der Waals surface area contributed by atoms with Gasteiger partial charge < -0.3 is 20.7 Å². The van der Waals surface area contributed by atoms with E-state index in [9.17, 15) is 26.7 Å². The topological polar surface area (TPSA) is 106 Å². The van der Waals surface area contributed by atoms with E-state index in [-0.39, 0.29) is 37.2 Å². The Morgan fingerprint density at radius 2 is 1.85 bits per heavy atom. The zero-order valence-corrected chi connectivity index (χ0v) is 20.6. The highest BCUT2D eigenvalue weighted by atomic mass is 19.4. The molecule has 2 aromatic heterocycles. The van der Waals surface area contributed by atoms with Crippen LogP contribution in [0, 0.1) is 0 Å². The summed E-state index contributed by atoms with van der Waals surface area (Å²) in [6.45, 7) is 3.55. The lowest BCUT2D eigenvalue weighted by Gasteiger charge is -2.34. The molecule has 8 nitrogen and oxygen atoms in total. The van der Waals surface area contributed by atoms with Crippen molar-refractivity contribution in [2.45, 2.75) is 37.1 Å². The van der Waals surface area contributed by atoms with Gasteiger partial charge in [0.15, 0.2) is 0 Å². The third-order valence-electron chi connectivity index (χ3n) is 6.34. The number of pyridine rings is 1. The molecule has 1 aromatic carbocycles. The molecule has 0 unspecified atom stereocenters. The second-order valence-electron chi connectivity index (χ2n) is 9.11. The number of nitrogens with zero attached hydrogens (tertiary/aromatic N) is 4. The standard InChI is InChI=1S/C26H25F5N6O2/c1-2-3-8-25(27,28)24(32)9-10-37(15-24)22-21(18-12-33-16-34-13-18)11-17(14-35-22)23(38)36-19-4-6-20(7-5-19)39-26(29,30)31/h2,4-7,11-14,16H,1,3,8-10,15,32H2,(H,36,38)/t24-/m1/s1. The Morgan fingerprint density at radius 1 is 1.15 bits per heavy atom. The lowest BCUT2D eigenvalue weighted by atomic mass is 9.88. The molecule has 1 aliphatic heterocycles. The highest BCUT2D eigenvalue weighted by molar-refractivity contribution is 6.05. The highest BCUT2D eigenvalue weighted by Crippen LogP contribution is 2.41. The van der Waals surface area contributed by atoms with Crippen LogP contribution >= 0.6 is 0 Å². The Labute approximate surface area is 220 Å². The molecule has 0 aliphatic carbocycles. The van der Waals surface area contributed by atoms with Crippen LogP contribution in [0.4, 0.5) is 33.5 Å². The van der Waals surface area contributed by atoms with E-state index in [4.69, 9.17) is 5.73 Å². The van der Waals surface area contributed by atoms with E-state index in [1.807, 2.05) is 0 Å². The number of anilines is 2. The maximum absolute atomic E-state index is 14.9. The Bertz CT molecular complexity index is 1320. The van der Waals surface area contributed by atoms with Gasteiger partial charge in [-0.1, -0.05) is 6.08 Å². The van der Waals surface area contributed by atoms with E-state index in [2.05, 4.69) is 31.6 Å². The van der Waals surface area contributed by atoms with Crippen LogP contribution in [0.15, 0.2) is 67.9 Å². The van der Waals surface area contributed by atoms with Gasteiger partial charge in [0.05, 0.1) is 11.1 Å². The number of hydrogen-bond acceptors (Lipinski definition) is 7. The molecule has 3 N–H and O–H groups in total. The third-order valence-corrected chi connectivity index (χ3v) is 6.34. The summed E-state index contributed by atoms with van der Waals surface area (Å²) in [6.07, 6.45) is 1.92. The molecule has 0 radical (unpaired) electrons. The van der Waals surface area contributed by atoms with E-state index in [0.29, 0.717) is 16.9 Å². The number of amides is 1. The van der Waals surface area contributed by atoms with E-state index >= 15 is 0 Å². The molecule has 0 saturated carbocycles. The van der Waals surface area contributed by atoms with Gasteiger partial charge in [0.2, 0.25) is 0 Å². The Balaban J connectivity index is 1.59. The fourth-order valence-corrected chi connectivity index (χ4v) is 4.27. The highest BCUT2D eigenvalue weighted by Gasteiger charge is 2.54. The maximum atomic E-state index is 14.9. The van der Waals surface area contributed by atoms with Crippen LogP contribution in [0.1, 0.15) is 29.6 Å². The summed E-state index contributed by atoms with van der Waals surface area (Å²) in [5, 5.41) is 2.58. The number of benzene rings is 1. The number of hydrogen-bond donors (Lipinski definition) is 2. The summed E-state index contributed by atoms with van der Waals surface area (Å²) in [4.78, 5) is 27.0. The molecule has 0 bridgehead atoms. The lowest BCUT2D eigenvalue weighted by Crippen LogP contribution is -2.57. The first kappa shape index (κ1) is 27.9. The zero-order chi connectivity index (χ0) is 28.3. The van der Waals surface area contributed by atoms with Crippen molar-refractivity contribution in [2.24, 2.45) is 5.73 Å². The number of carbonyl (C=O) groups excluding carboxylic acids is 1. The SMILES string of the molecule is C=CCCC(F)(F)[C@@]1(N)CCN(c2ncc(C(=O)Nc3ccc(OC(F)(F)F)cc3)cc2-c2cncnc2)C1. The van der Waals surface area contributed by atoms with Gasteiger partial charge in [-0.15, -0.1) is 19.8 Å². The van der Waals surface area contributed by atoms with Gasteiger partial charge in [0, 0.05) is 54.9 Å². The lowest BCUT2D eigenvalue weighted by molar-refractivity contribution is -0.274. The van der Waals surface area contributed by atoms with E-state index in [0.717, 1.165) is 12.1 Å². The summed E-state index contributed by atoms with van der Waals surface area (Å²) in [5.41, 5.74) is 5.67. The first-order chi connectivity index (χ1) is 18.4. The van der Waals surface area contributed by atoms with Crippen LogP contribution in [0.25, 0.3) is 11.1 Å². The number of carbonyl (C=O) groups is 1. The number of allylic oxidation sites excluding steroid dienone is 1. The number of aromatic nitrogens is 3. The average molecular weight is 549 g/mol. The molecule has 0 spiro atoms. The molecule has 1 fully saturated rings. The number of nitrogens with one attached hydrogen (secondary N) is 1. The van der Waals surface area contributed by atoms with Crippen molar-refractivity contribution in [2.75, 3.05) is 23.3 Å². The minimum absolute atomic E-state index is 0.0276. The molecule has 206 valence electrons. The average Bonchev–Trinajstić information content (AvgIpc) is 3.31. The van der Waals surface area contributed by atoms with Gasteiger partial charge in [0.25, 0.3) is 11.8 Å². The first-order valence-corrected chi connectivity index (χ1v) is 11.9. The van der Waals surface area contributed by atoms with Crippen molar-refractivity contribution in [3.8, 4) is 16.9 Å². The van der Waals surface area contributed by atoms with E-state index in [1.54, 1.807) is 4.90 Å². The van der Waals surface area contributed by atoms with Crippen LogP contribution in [-0.4, -0.2) is 51.8 Å². The molecule has 3 aromatic rings. The quantitative estimate of drug-likeness (QED) is 0.280. The Hall–Kier alpha value is -4.13. The van der Waals surface area contributed by atoms with Gasteiger partial charge >= 0.3 is 6.36 Å². The van der Waals surface area contributed by atoms with Crippen molar-refractivity contribution in [1.29, 1.82) is 0 Å². The largest absolute Gasteiger partial charge is 0.573 e. The molecular formula is C26H25F5N6O2. The van der Waals surface area contributed by atoms with Crippen molar-refractivity contribution in [3.05, 3.63) is 73.5 Å². The predicted molar refractivity (Wildman–Crippen MR) is 134 cm³/mol. The number of rotatable bonds is 9. The molecule has 1 atom stereocenters. The zero-order valence-electron chi connectivity index (χ0n) is 20.6. The smallest absolute Gasteiger partial charge is 0.406 e. The molecule has 1 amide bonds. The summed E-state index contributed by atoms with van der Waals surface area (Å²) in [6, 6.07) is 6.15. The van der Waals surface area contributed by atoms with Crippen LogP contribution < -0.4 is 20.7 Å². The summed E-state index contributed by atoms with van der Waals surface area (Å²) in [7, 11) is 0. The van der Waals surface area contributed by atoms with Gasteiger partial charge in [-0.3, -0.25) is 4.79 Å².